The molecule has 1 aromatic heterocycles. The largest absolute Gasteiger partial charge is 0.465 e. The molecule has 0 amide bonds. The third-order valence-electron chi connectivity index (χ3n) is 4.41. The van der Waals surface area contributed by atoms with Gasteiger partial charge in [0, 0.05) is 17.7 Å². The van der Waals surface area contributed by atoms with Crippen LogP contribution >= 0.6 is 11.8 Å². The summed E-state index contributed by atoms with van der Waals surface area (Å²) in [6, 6.07) is 15.5. The summed E-state index contributed by atoms with van der Waals surface area (Å²) in [7, 11) is 0. The molecule has 27 heavy (non-hydrogen) atoms. The number of thioether (sulfide) groups is 1. The van der Waals surface area contributed by atoms with E-state index in [0.29, 0.717) is 35.5 Å². The van der Waals surface area contributed by atoms with Crippen LogP contribution in [-0.2, 0) is 9.53 Å². The monoisotopic (exact) mass is 381 g/mol. The van der Waals surface area contributed by atoms with Crippen molar-refractivity contribution in [3.63, 3.8) is 0 Å². The third kappa shape index (κ3) is 2.91. The summed E-state index contributed by atoms with van der Waals surface area (Å²) in [5.41, 5.74) is 1.78. The maximum Gasteiger partial charge on any atom is 0.319 e. The fourth-order valence-corrected chi connectivity index (χ4v) is 4.11. The predicted molar refractivity (Wildman–Crippen MR) is 98.1 cm³/mol. The zero-order valence-electron chi connectivity index (χ0n) is 14.2. The minimum absolute atomic E-state index is 0.202. The standard InChI is InChI=1S/C19H15N3O4S/c23-18-16(8-9-24-18)27-19-21-20-17(22(19)13-4-2-1-3-5-13)12-6-7-14-15(10-12)26-11-25-14/h1-7,10,16H,8-9,11H2/t16-/m0/s1. The molecule has 1 fully saturated rings. The van der Waals surface area contributed by atoms with Crippen molar-refractivity contribution in [2.75, 3.05) is 13.4 Å². The number of esters is 1. The SMILES string of the molecule is O=C1OCC[C@@H]1Sc1nnc(-c2ccc3c(c2)OCO3)n1-c1ccccc1. The lowest BCUT2D eigenvalue weighted by molar-refractivity contribution is -0.137. The normalized spacial score (nSPS) is 17.9. The summed E-state index contributed by atoms with van der Waals surface area (Å²) in [4.78, 5) is 11.9. The fourth-order valence-electron chi connectivity index (χ4n) is 3.09. The van der Waals surface area contributed by atoms with Crippen molar-refractivity contribution in [2.45, 2.75) is 16.8 Å². The van der Waals surface area contributed by atoms with Crippen LogP contribution in [0.15, 0.2) is 53.7 Å². The highest BCUT2D eigenvalue weighted by Gasteiger charge is 2.30. The maximum absolute atomic E-state index is 11.9. The number of hydrogen-bond acceptors (Lipinski definition) is 7. The molecule has 136 valence electrons. The lowest BCUT2D eigenvalue weighted by Crippen LogP contribution is -2.11. The molecular weight excluding hydrogens is 366 g/mol. The van der Waals surface area contributed by atoms with Crippen LogP contribution in [0.2, 0.25) is 0 Å². The van der Waals surface area contributed by atoms with Crippen LogP contribution in [-0.4, -0.2) is 39.4 Å². The Morgan fingerprint density at radius 1 is 1.00 bits per heavy atom. The maximum atomic E-state index is 11.9. The van der Waals surface area contributed by atoms with E-state index in [1.165, 1.54) is 11.8 Å². The van der Waals surface area contributed by atoms with Crippen molar-refractivity contribution in [3.05, 3.63) is 48.5 Å². The molecule has 3 aromatic rings. The second kappa shape index (κ2) is 6.62. The molecule has 0 bridgehead atoms. The highest BCUT2D eigenvalue weighted by atomic mass is 32.2. The fraction of sp³-hybridized carbons (Fsp3) is 0.211. The van der Waals surface area contributed by atoms with Gasteiger partial charge in [-0.25, -0.2) is 0 Å². The van der Waals surface area contributed by atoms with Gasteiger partial charge in [0.25, 0.3) is 0 Å². The number of fused-ring (bicyclic) bond motifs is 1. The molecule has 3 heterocycles. The van der Waals surface area contributed by atoms with Crippen LogP contribution < -0.4 is 9.47 Å². The Kier molecular flexibility index (Phi) is 3.97. The van der Waals surface area contributed by atoms with Gasteiger partial charge in [-0.3, -0.25) is 9.36 Å². The third-order valence-corrected chi connectivity index (χ3v) is 5.60. The van der Waals surface area contributed by atoms with E-state index in [1.54, 1.807) is 0 Å². The molecule has 0 saturated carbocycles. The number of carbonyl (C=O) groups is 1. The van der Waals surface area contributed by atoms with Gasteiger partial charge in [-0.15, -0.1) is 10.2 Å². The van der Waals surface area contributed by atoms with E-state index in [9.17, 15) is 4.79 Å². The molecule has 2 aliphatic heterocycles. The first-order valence-corrected chi connectivity index (χ1v) is 9.42. The number of cyclic esters (lactones) is 1. The van der Waals surface area contributed by atoms with Crippen LogP contribution in [0.4, 0.5) is 0 Å². The van der Waals surface area contributed by atoms with Crippen LogP contribution in [0, 0.1) is 0 Å². The summed E-state index contributed by atoms with van der Waals surface area (Å²) < 4.78 is 17.9. The van der Waals surface area contributed by atoms with E-state index < -0.39 is 0 Å². The molecule has 0 N–H and O–H groups in total. The molecule has 1 saturated heterocycles. The summed E-state index contributed by atoms with van der Waals surface area (Å²) in [5.74, 6) is 1.87. The van der Waals surface area contributed by atoms with Gasteiger partial charge in [-0.2, -0.15) is 0 Å². The van der Waals surface area contributed by atoms with Crippen molar-refractivity contribution < 1.29 is 19.0 Å². The predicted octanol–water partition coefficient (Wildman–Crippen LogP) is 3.07. The van der Waals surface area contributed by atoms with Crippen molar-refractivity contribution in [1.82, 2.24) is 14.8 Å². The number of benzene rings is 2. The van der Waals surface area contributed by atoms with Gasteiger partial charge < -0.3 is 14.2 Å². The quantitative estimate of drug-likeness (QED) is 0.643. The van der Waals surface area contributed by atoms with Crippen molar-refractivity contribution >= 4 is 17.7 Å². The number of nitrogens with zero attached hydrogens (tertiary/aromatic N) is 3. The van der Waals surface area contributed by atoms with Crippen molar-refractivity contribution in [2.24, 2.45) is 0 Å². The molecule has 0 spiro atoms. The van der Waals surface area contributed by atoms with E-state index >= 15 is 0 Å². The topological polar surface area (TPSA) is 75.5 Å². The van der Waals surface area contributed by atoms with Crippen LogP contribution in [0.5, 0.6) is 11.5 Å². The first-order chi connectivity index (χ1) is 13.3. The first kappa shape index (κ1) is 16.2. The summed E-state index contributed by atoms with van der Waals surface area (Å²) in [5, 5.41) is 9.14. The number of para-hydroxylation sites is 1. The zero-order valence-corrected chi connectivity index (χ0v) is 15.0. The molecule has 1 atom stereocenters. The highest BCUT2D eigenvalue weighted by molar-refractivity contribution is 8.00. The summed E-state index contributed by atoms with van der Waals surface area (Å²) in [6.07, 6.45) is 0.671. The molecule has 0 radical (unpaired) electrons. The van der Waals surface area contributed by atoms with E-state index in [-0.39, 0.29) is 18.0 Å². The number of aromatic nitrogens is 3. The Labute approximate surface area is 159 Å². The summed E-state index contributed by atoms with van der Waals surface area (Å²) >= 11 is 1.38. The van der Waals surface area contributed by atoms with Gasteiger partial charge in [0.05, 0.1) is 6.61 Å². The van der Waals surface area contributed by atoms with E-state index in [1.807, 2.05) is 53.1 Å². The highest BCUT2D eigenvalue weighted by Crippen LogP contribution is 2.38. The van der Waals surface area contributed by atoms with E-state index in [2.05, 4.69) is 10.2 Å². The Morgan fingerprint density at radius 2 is 1.85 bits per heavy atom. The van der Waals surface area contributed by atoms with Gasteiger partial charge in [0.2, 0.25) is 6.79 Å². The molecule has 7 nitrogen and oxygen atoms in total. The van der Waals surface area contributed by atoms with Crippen molar-refractivity contribution in [3.8, 4) is 28.6 Å². The van der Waals surface area contributed by atoms with Gasteiger partial charge in [-0.05, 0) is 30.3 Å². The lowest BCUT2D eigenvalue weighted by Gasteiger charge is -2.11. The molecule has 5 rings (SSSR count). The van der Waals surface area contributed by atoms with Gasteiger partial charge >= 0.3 is 5.97 Å². The molecular formula is C19H15N3O4S. The Balaban J connectivity index is 1.60. The number of carbonyl (C=O) groups excluding carboxylic acids is 1. The van der Waals surface area contributed by atoms with Crippen LogP contribution in [0.25, 0.3) is 17.1 Å². The second-order valence-corrected chi connectivity index (χ2v) is 7.28. The molecule has 8 heteroatoms. The Morgan fingerprint density at radius 3 is 2.67 bits per heavy atom. The minimum Gasteiger partial charge on any atom is -0.465 e. The number of hydrogen-bond donors (Lipinski definition) is 0. The lowest BCUT2D eigenvalue weighted by atomic mass is 10.2. The molecule has 2 aromatic carbocycles. The molecule has 2 aliphatic rings. The van der Waals surface area contributed by atoms with Crippen LogP contribution in [0.3, 0.4) is 0 Å². The average molecular weight is 381 g/mol. The van der Waals surface area contributed by atoms with E-state index in [0.717, 1.165) is 11.3 Å². The van der Waals surface area contributed by atoms with Gasteiger partial charge in [0.1, 0.15) is 5.25 Å². The smallest absolute Gasteiger partial charge is 0.319 e. The molecule has 0 aliphatic carbocycles. The zero-order chi connectivity index (χ0) is 18.2. The van der Waals surface area contributed by atoms with Gasteiger partial charge in [-0.1, -0.05) is 30.0 Å². The number of ether oxygens (including phenoxy) is 3. The Bertz CT molecular complexity index is 1010. The van der Waals surface area contributed by atoms with Crippen molar-refractivity contribution in [1.29, 1.82) is 0 Å². The Hall–Kier alpha value is -3.00. The summed E-state index contributed by atoms with van der Waals surface area (Å²) in [6.45, 7) is 0.667. The van der Waals surface area contributed by atoms with E-state index in [4.69, 9.17) is 14.2 Å². The van der Waals surface area contributed by atoms with Gasteiger partial charge in [0.15, 0.2) is 22.5 Å². The first-order valence-electron chi connectivity index (χ1n) is 8.54. The second-order valence-electron chi connectivity index (χ2n) is 6.11. The minimum atomic E-state index is -0.263. The average Bonchev–Trinajstić information content (AvgIpc) is 3.42. The molecule has 0 unspecified atom stereocenters. The van der Waals surface area contributed by atoms with Crippen LogP contribution in [0.1, 0.15) is 6.42 Å². The number of rotatable bonds is 4.